The van der Waals surface area contributed by atoms with Crippen molar-refractivity contribution in [3.8, 4) is 11.8 Å². The van der Waals surface area contributed by atoms with Crippen molar-refractivity contribution in [2.75, 3.05) is 39.2 Å². The van der Waals surface area contributed by atoms with E-state index >= 15 is 0 Å². The molecule has 0 radical (unpaired) electrons. The molecule has 3 aliphatic heterocycles. The molecule has 1 aromatic carbocycles. The lowest BCUT2D eigenvalue weighted by molar-refractivity contribution is 0.00706. The molecule has 5 atom stereocenters. The Morgan fingerprint density at radius 3 is 2.83 bits per heavy atom. The molecule has 3 aliphatic rings. The van der Waals surface area contributed by atoms with Gasteiger partial charge < -0.3 is 39.3 Å². The summed E-state index contributed by atoms with van der Waals surface area (Å²) in [6, 6.07) is 4.01. The van der Waals surface area contributed by atoms with Gasteiger partial charge in [0.25, 0.3) is 11.9 Å². The number of imidazole rings is 1. The lowest BCUT2D eigenvalue weighted by atomic mass is 10.0. The van der Waals surface area contributed by atoms with Gasteiger partial charge in [0.2, 0.25) is 0 Å². The maximum absolute atomic E-state index is 15.0. The van der Waals surface area contributed by atoms with Crippen LogP contribution in [0.2, 0.25) is 5.02 Å². The number of carbonyl (C=O) groups excluding carboxylic acids is 1. The van der Waals surface area contributed by atoms with Gasteiger partial charge in [0.1, 0.15) is 42.3 Å². The van der Waals surface area contributed by atoms with Gasteiger partial charge in [-0.05, 0) is 18.2 Å². The number of fused-ring (bicyclic) bond motifs is 3. The van der Waals surface area contributed by atoms with Gasteiger partial charge in [-0.1, -0.05) is 11.6 Å². The highest BCUT2D eigenvalue weighted by Crippen LogP contribution is 2.39. The van der Waals surface area contributed by atoms with Crippen LogP contribution in [0.15, 0.2) is 18.2 Å². The van der Waals surface area contributed by atoms with Crippen molar-refractivity contribution in [1.82, 2.24) is 19.9 Å². The van der Waals surface area contributed by atoms with Crippen molar-refractivity contribution in [2.24, 2.45) is 0 Å². The first-order chi connectivity index (χ1) is 17.3. The third-order valence-electron chi connectivity index (χ3n) is 6.46. The number of benzene rings is 1. The Bertz CT molecular complexity index is 1350. The van der Waals surface area contributed by atoms with Gasteiger partial charge in [-0.3, -0.25) is 4.79 Å². The third-order valence-corrected chi connectivity index (χ3v) is 6.75. The molecule has 36 heavy (non-hydrogen) atoms. The molecule has 190 valence electrons. The Balaban J connectivity index is 1.22. The van der Waals surface area contributed by atoms with Gasteiger partial charge in [0, 0.05) is 19.7 Å². The van der Waals surface area contributed by atoms with E-state index in [2.05, 4.69) is 20.3 Å². The fourth-order valence-electron chi connectivity index (χ4n) is 4.71. The number of nitrogens with zero attached hydrogens (tertiary/aromatic N) is 3. The van der Waals surface area contributed by atoms with E-state index in [-0.39, 0.29) is 48.4 Å². The van der Waals surface area contributed by atoms with E-state index in [9.17, 15) is 14.3 Å². The molecule has 3 aromatic rings. The summed E-state index contributed by atoms with van der Waals surface area (Å²) in [5.74, 6) is -0.291. The third kappa shape index (κ3) is 3.90. The SMILES string of the molecule is CN(C)C(=O)c1cc(F)c2c(c1)OC[C@@H]2Nc1nc2nc(O[C@@H]3CO[C@H]4[C@@H]3OC[C@H]4O)[nH]c2cc1Cl. The second kappa shape index (κ2) is 8.73. The van der Waals surface area contributed by atoms with E-state index in [0.29, 0.717) is 28.3 Å². The van der Waals surface area contributed by atoms with Crippen LogP contribution < -0.4 is 14.8 Å². The number of aliphatic hydroxyl groups excluding tert-OH is 1. The van der Waals surface area contributed by atoms with E-state index in [0.717, 1.165) is 0 Å². The molecule has 2 saturated heterocycles. The number of aliphatic hydroxyl groups is 1. The van der Waals surface area contributed by atoms with Crippen molar-refractivity contribution in [1.29, 1.82) is 0 Å². The minimum Gasteiger partial charge on any atom is -0.491 e. The second-order valence-electron chi connectivity index (χ2n) is 9.13. The van der Waals surface area contributed by atoms with Crippen molar-refractivity contribution in [3.63, 3.8) is 0 Å². The van der Waals surface area contributed by atoms with Crippen LogP contribution in [0.1, 0.15) is 22.0 Å². The average molecular weight is 520 g/mol. The first-order valence-electron chi connectivity index (χ1n) is 11.4. The van der Waals surface area contributed by atoms with E-state index in [4.69, 9.17) is 30.5 Å². The molecule has 0 bridgehead atoms. The van der Waals surface area contributed by atoms with Crippen LogP contribution >= 0.6 is 11.6 Å². The quantitative estimate of drug-likeness (QED) is 0.462. The number of H-pyrrole nitrogens is 1. The van der Waals surface area contributed by atoms with E-state index in [1.807, 2.05) is 0 Å². The minimum atomic E-state index is -0.678. The van der Waals surface area contributed by atoms with Gasteiger partial charge >= 0.3 is 0 Å². The molecule has 3 N–H and O–H groups in total. The molecule has 1 amide bonds. The first kappa shape index (κ1) is 23.2. The number of ether oxygens (including phenoxy) is 4. The van der Waals surface area contributed by atoms with E-state index in [1.165, 1.54) is 17.0 Å². The number of amides is 1. The lowest BCUT2D eigenvalue weighted by Gasteiger charge is -2.15. The number of pyridine rings is 1. The van der Waals surface area contributed by atoms with Crippen LogP contribution in [0, 0.1) is 5.82 Å². The summed E-state index contributed by atoms with van der Waals surface area (Å²) in [5, 5.41) is 13.3. The normalized spacial score (nSPS) is 26.5. The largest absolute Gasteiger partial charge is 0.491 e. The molecule has 0 saturated carbocycles. The number of nitrogens with one attached hydrogen (secondary N) is 2. The smallest absolute Gasteiger partial charge is 0.296 e. The Hall–Kier alpha value is -3.19. The van der Waals surface area contributed by atoms with E-state index < -0.39 is 30.2 Å². The number of aromatic nitrogens is 3. The molecule has 2 fully saturated rings. The maximum atomic E-state index is 15.0. The Kier molecular flexibility index (Phi) is 5.63. The molecule has 13 heteroatoms. The first-order valence-corrected chi connectivity index (χ1v) is 11.7. The van der Waals surface area contributed by atoms with Crippen molar-refractivity contribution in [2.45, 2.75) is 30.5 Å². The monoisotopic (exact) mass is 519 g/mol. The zero-order valence-electron chi connectivity index (χ0n) is 19.3. The second-order valence-corrected chi connectivity index (χ2v) is 9.54. The Labute approximate surface area is 209 Å². The fourth-order valence-corrected chi connectivity index (χ4v) is 4.91. The number of hydrogen-bond donors (Lipinski definition) is 3. The highest BCUT2D eigenvalue weighted by atomic mass is 35.5. The average Bonchev–Trinajstić information content (AvgIpc) is 3.60. The molecule has 0 unspecified atom stereocenters. The number of hydrogen-bond acceptors (Lipinski definition) is 9. The standard InChI is InChI=1S/C23H23ClFN5O6/c1-30(2)22(32)9-3-11(25)17-13(6-33-15(17)4-9)26-20-10(24)5-12-21(28-20)29-23(27-12)36-16-8-35-18-14(31)7-34-19(16)18/h3-5,13-14,16,18-19,31H,6-8H2,1-2H3,(H2,26,27,28,29)/t13-,14+,16+,18+,19+/m0/s1. The zero-order chi connectivity index (χ0) is 25.1. The summed E-state index contributed by atoms with van der Waals surface area (Å²) in [4.78, 5) is 25.5. The van der Waals surface area contributed by atoms with Crippen LogP contribution in [0.5, 0.6) is 11.8 Å². The zero-order valence-corrected chi connectivity index (χ0v) is 20.1. The molecule has 0 spiro atoms. The summed E-state index contributed by atoms with van der Waals surface area (Å²) in [7, 11) is 3.19. The lowest BCUT2D eigenvalue weighted by Crippen LogP contribution is -2.34. The van der Waals surface area contributed by atoms with Crippen LogP contribution in [0.3, 0.4) is 0 Å². The predicted molar refractivity (Wildman–Crippen MR) is 125 cm³/mol. The molecular weight excluding hydrogens is 497 g/mol. The highest BCUT2D eigenvalue weighted by molar-refractivity contribution is 6.33. The van der Waals surface area contributed by atoms with Crippen molar-refractivity contribution in [3.05, 3.63) is 40.2 Å². The number of carbonyl (C=O) groups is 1. The molecule has 0 aliphatic carbocycles. The summed E-state index contributed by atoms with van der Waals surface area (Å²) in [5.41, 5.74) is 1.38. The molecule has 2 aromatic heterocycles. The number of halogens is 2. The number of aromatic amines is 1. The van der Waals surface area contributed by atoms with Crippen molar-refractivity contribution < 1.29 is 33.2 Å². The molecular formula is C23H23ClFN5O6. The molecule has 5 heterocycles. The van der Waals surface area contributed by atoms with Gasteiger partial charge in [-0.15, -0.1) is 0 Å². The summed E-state index contributed by atoms with van der Waals surface area (Å²) >= 11 is 6.45. The van der Waals surface area contributed by atoms with Crippen LogP contribution in [0.25, 0.3) is 11.2 Å². The Morgan fingerprint density at radius 1 is 1.22 bits per heavy atom. The van der Waals surface area contributed by atoms with Crippen LogP contribution in [-0.4, -0.2) is 89.2 Å². The minimum absolute atomic E-state index is 0.132. The van der Waals surface area contributed by atoms with Crippen LogP contribution in [-0.2, 0) is 9.47 Å². The summed E-state index contributed by atoms with van der Waals surface area (Å²) < 4.78 is 37.7. The fraction of sp³-hybridized carbons (Fsp3) is 0.435. The van der Waals surface area contributed by atoms with Gasteiger partial charge in [0.05, 0.1) is 35.4 Å². The van der Waals surface area contributed by atoms with Gasteiger partial charge in [-0.25, -0.2) is 9.37 Å². The predicted octanol–water partition coefficient (Wildman–Crippen LogP) is 1.90. The number of rotatable bonds is 5. The van der Waals surface area contributed by atoms with Crippen LogP contribution in [0.4, 0.5) is 10.2 Å². The van der Waals surface area contributed by atoms with E-state index in [1.54, 1.807) is 20.2 Å². The summed E-state index contributed by atoms with van der Waals surface area (Å²) in [6.07, 6.45) is -1.91. The number of anilines is 1. The maximum Gasteiger partial charge on any atom is 0.296 e. The highest BCUT2D eigenvalue weighted by Gasteiger charge is 2.48. The van der Waals surface area contributed by atoms with Crippen molar-refractivity contribution >= 4 is 34.5 Å². The molecule has 11 nitrogen and oxygen atoms in total. The molecule has 6 rings (SSSR count). The van der Waals surface area contributed by atoms with Gasteiger partial charge in [-0.2, -0.15) is 4.98 Å². The summed E-state index contributed by atoms with van der Waals surface area (Å²) in [6.45, 7) is 0.593. The Morgan fingerprint density at radius 2 is 2.03 bits per heavy atom. The van der Waals surface area contributed by atoms with Gasteiger partial charge in [0.15, 0.2) is 11.8 Å². The topological polar surface area (TPSA) is 131 Å².